The Hall–Kier alpha value is -2.15. The van der Waals surface area contributed by atoms with Gasteiger partial charge in [0.15, 0.2) is 16.5 Å². The molecule has 0 fully saturated rings. The summed E-state index contributed by atoms with van der Waals surface area (Å²) in [6.07, 6.45) is 0.245. The maximum atomic E-state index is 11.4. The van der Waals surface area contributed by atoms with E-state index in [9.17, 15) is 4.79 Å². The predicted octanol–water partition coefficient (Wildman–Crippen LogP) is 2.46. The zero-order valence-corrected chi connectivity index (χ0v) is 12.7. The van der Waals surface area contributed by atoms with Crippen LogP contribution in [0, 0.1) is 0 Å². The van der Waals surface area contributed by atoms with Crippen LogP contribution in [0.25, 0.3) is 11.0 Å². The van der Waals surface area contributed by atoms with Crippen LogP contribution in [0.15, 0.2) is 28.8 Å². The third-order valence-electron chi connectivity index (χ3n) is 2.77. The summed E-state index contributed by atoms with van der Waals surface area (Å²) in [7, 11) is 0. The third kappa shape index (κ3) is 4.16. The van der Waals surface area contributed by atoms with Gasteiger partial charge in [-0.15, -0.1) is 0 Å². The number of hydrogen-bond acceptors (Lipinski definition) is 5. The molecule has 2 aromatic rings. The molecule has 0 saturated carbocycles. The summed E-state index contributed by atoms with van der Waals surface area (Å²) in [5.41, 5.74) is 0.683. The van der Waals surface area contributed by atoms with Crippen LogP contribution in [-0.2, 0) is 9.53 Å². The first-order chi connectivity index (χ1) is 10.1. The van der Waals surface area contributed by atoms with Crippen molar-refractivity contribution in [1.82, 2.24) is 10.5 Å². The van der Waals surface area contributed by atoms with Gasteiger partial charge in [0.1, 0.15) is 0 Å². The van der Waals surface area contributed by atoms with Crippen molar-refractivity contribution < 1.29 is 14.1 Å². The van der Waals surface area contributed by atoms with Crippen LogP contribution in [-0.4, -0.2) is 28.9 Å². The van der Waals surface area contributed by atoms with Crippen molar-refractivity contribution in [2.75, 3.05) is 11.9 Å². The van der Waals surface area contributed by atoms with E-state index in [-0.39, 0.29) is 18.4 Å². The SMILES string of the molecule is CCOC(=O)CC(C)NC(=S)Nc1noc2ccccc12. The number of benzene rings is 1. The van der Waals surface area contributed by atoms with E-state index in [1.807, 2.05) is 31.2 Å². The minimum atomic E-state index is -0.257. The molecule has 0 spiro atoms. The number of ether oxygens (including phenoxy) is 1. The van der Waals surface area contributed by atoms with Crippen LogP contribution in [0.1, 0.15) is 20.3 Å². The fourth-order valence-corrected chi connectivity index (χ4v) is 2.16. The number of carbonyl (C=O) groups is 1. The first-order valence-corrected chi connectivity index (χ1v) is 7.08. The monoisotopic (exact) mass is 307 g/mol. The lowest BCUT2D eigenvalue weighted by molar-refractivity contribution is -0.143. The summed E-state index contributed by atoms with van der Waals surface area (Å²) >= 11 is 5.20. The molecule has 21 heavy (non-hydrogen) atoms. The Morgan fingerprint density at radius 2 is 2.24 bits per heavy atom. The standard InChI is InChI=1S/C14H17N3O3S/c1-3-19-12(18)8-9(2)15-14(21)16-13-10-6-4-5-7-11(10)20-17-13/h4-7,9H,3,8H2,1-2H3,(H2,15,16,17,21). The van der Waals surface area contributed by atoms with Crippen molar-refractivity contribution in [1.29, 1.82) is 0 Å². The van der Waals surface area contributed by atoms with Gasteiger partial charge in [0.2, 0.25) is 0 Å². The van der Waals surface area contributed by atoms with E-state index >= 15 is 0 Å². The third-order valence-corrected chi connectivity index (χ3v) is 2.98. The van der Waals surface area contributed by atoms with Crippen LogP contribution < -0.4 is 10.6 Å². The van der Waals surface area contributed by atoms with E-state index in [4.69, 9.17) is 21.5 Å². The Morgan fingerprint density at radius 3 is 3.00 bits per heavy atom. The number of esters is 1. The van der Waals surface area contributed by atoms with E-state index in [1.165, 1.54) is 0 Å². The van der Waals surface area contributed by atoms with Crippen LogP contribution in [0.2, 0.25) is 0 Å². The molecule has 7 heteroatoms. The molecule has 1 heterocycles. The van der Waals surface area contributed by atoms with Crippen molar-refractivity contribution in [2.24, 2.45) is 0 Å². The topological polar surface area (TPSA) is 76.4 Å². The smallest absolute Gasteiger partial charge is 0.307 e. The van der Waals surface area contributed by atoms with Gasteiger partial charge in [-0.2, -0.15) is 0 Å². The lowest BCUT2D eigenvalue weighted by Crippen LogP contribution is -2.37. The van der Waals surface area contributed by atoms with Gasteiger partial charge in [-0.3, -0.25) is 4.79 Å². The van der Waals surface area contributed by atoms with E-state index in [0.29, 0.717) is 23.1 Å². The van der Waals surface area contributed by atoms with Crippen LogP contribution >= 0.6 is 12.2 Å². The summed E-state index contributed by atoms with van der Waals surface area (Å²) in [5, 5.41) is 11.1. The van der Waals surface area contributed by atoms with Gasteiger partial charge in [0.05, 0.1) is 18.4 Å². The first-order valence-electron chi connectivity index (χ1n) is 6.67. The molecule has 1 aromatic carbocycles. The summed E-state index contributed by atoms with van der Waals surface area (Å²) in [6.45, 7) is 4.00. The van der Waals surface area contributed by atoms with Crippen molar-refractivity contribution in [3.63, 3.8) is 0 Å². The second-order valence-corrected chi connectivity index (χ2v) is 4.94. The minimum absolute atomic E-state index is 0.137. The molecule has 6 nitrogen and oxygen atoms in total. The Bertz CT molecular complexity index is 641. The molecule has 0 aliphatic heterocycles. The number of nitrogens with zero attached hydrogens (tertiary/aromatic N) is 1. The number of thiocarbonyl (C=S) groups is 1. The fraction of sp³-hybridized carbons (Fsp3) is 0.357. The molecule has 0 amide bonds. The number of para-hydroxylation sites is 1. The maximum Gasteiger partial charge on any atom is 0.307 e. The number of rotatable bonds is 5. The summed E-state index contributed by atoms with van der Waals surface area (Å²) < 4.78 is 10.1. The van der Waals surface area contributed by atoms with E-state index in [1.54, 1.807) is 6.92 Å². The highest BCUT2D eigenvalue weighted by atomic mass is 32.1. The summed E-state index contributed by atoms with van der Waals surface area (Å²) in [6, 6.07) is 7.34. The Kier molecular flexibility index (Phi) is 5.10. The highest BCUT2D eigenvalue weighted by Gasteiger charge is 2.13. The molecule has 1 unspecified atom stereocenters. The Labute approximate surface area is 127 Å². The molecule has 0 bridgehead atoms. The maximum absolute atomic E-state index is 11.4. The second kappa shape index (κ2) is 7.03. The molecule has 0 aliphatic rings. The van der Waals surface area contributed by atoms with Gasteiger partial charge in [0.25, 0.3) is 0 Å². The fourth-order valence-electron chi connectivity index (χ4n) is 1.86. The molecule has 1 aromatic heterocycles. The minimum Gasteiger partial charge on any atom is -0.466 e. The normalized spacial score (nSPS) is 11.9. The lowest BCUT2D eigenvalue weighted by Gasteiger charge is -2.15. The van der Waals surface area contributed by atoms with Gasteiger partial charge in [-0.25, -0.2) is 0 Å². The quantitative estimate of drug-likeness (QED) is 0.649. The number of anilines is 1. The van der Waals surface area contributed by atoms with Gasteiger partial charge >= 0.3 is 5.97 Å². The molecule has 0 radical (unpaired) electrons. The number of hydrogen-bond donors (Lipinski definition) is 2. The molecular weight excluding hydrogens is 290 g/mol. The van der Waals surface area contributed by atoms with Crippen LogP contribution in [0.3, 0.4) is 0 Å². The Morgan fingerprint density at radius 1 is 1.48 bits per heavy atom. The highest BCUT2D eigenvalue weighted by Crippen LogP contribution is 2.21. The first kappa shape index (κ1) is 15.2. The molecule has 0 saturated heterocycles. The van der Waals surface area contributed by atoms with Gasteiger partial charge < -0.3 is 19.9 Å². The largest absolute Gasteiger partial charge is 0.466 e. The summed E-state index contributed by atoms with van der Waals surface area (Å²) in [4.78, 5) is 11.4. The van der Waals surface area contributed by atoms with Crippen molar-refractivity contribution in [2.45, 2.75) is 26.3 Å². The average molecular weight is 307 g/mol. The van der Waals surface area contributed by atoms with Gasteiger partial charge in [-0.05, 0) is 38.2 Å². The van der Waals surface area contributed by atoms with E-state index < -0.39 is 0 Å². The number of nitrogens with one attached hydrogen (secondary N) is 2. The number of carbonyl (C=O) groups excluding carboxylic acids is 1. The van der Waals surface area contributed by atoms with Crippen LogP contribution in [0.5, 0.6) is 0 Å². The van der Waals surface area contributed by atoms with Crippen LogP contribution in [0.4, 0.5) is 5.82 Å². The molecule has 0 aliphatic carbocycles. The van der Waals surface area contributed by atoms with Crippen molar-refractivity contribution in [3.05, 3.63) is 24.3 Å². The molecular formula is C14H17N3O3S. The molecule has 2 N–H and O–H groups in total. The van der Waals surface area contributed by atoms with E-state index in [2.05, 4.69) is 15.8 Å². The average Bonchev–Trinajstić information content (AvgIpc) is 2.82. The zero-order valence-electron chi connectivity index (χ0n) is 11.9. The van der Waals surface area contributed by atoms with Gasteiger partial charge in [-0.1, -0.05) is 17.3 Å². The predicted molar refractivity (Wildman–Crippen MR) is 84.1 cm³/mol. The molecule has 2 rings (SSSR count). The van der Waals surface area contributed by atoms with E-state index in [0.717, 1.165) is 5.39 Å². The molecule has 1 atom stereocenters. The van der Waals surface area contributed by atoms with Gasteiger partial charge in [0, 0.05) is 6.04 Å². The number of fused-ring (bicyclic) bond motifs is 1. The highest BCUT2D eigenvalue weighted by molar-refractivity contribution is 7.80. The second-order valence-electron chi connectivity index (χ2n) is 4.54. The summed E-state index contributed by atoms with van der Waals surface area (Å²) in [5.74, 6) is 0.290. The lowest BCUT2D eigenvalue weighted by atomic mass is 10.2. The van der Waals surface area contributed by atoms with Crippen molar-refractivity contribution in [3.8, 4) is 0 Å². The number of aromatic nitrogens is 1. The Balaban J connectivity index is 1.91. The molecule has 112 valence electrons. The van der Waals surface area contributed by atoms with Crippen molar-refractivity contribution >= 4 is 40.1 Å². The zero-order chi connectivity index (χ0) is 15.2.